The van der Waals surface area contributed by atoms with Crippen molar-refractivity contribution in [2.45, 2.75) is 18.9 Å². The molecule has 2 bridgehead atoms. The molecule has 2 amide bonds. The van der Waals surface area contributed by atoms with Crippen LogP contribution in [0, 0.1) is 11.7 Å². The second-order valence-electron chi connectivity index (χ2n) is 7.35. The van der Waals surface area contributed by atoms with Crippen LogP contribution in [-0.2, 0) is 9.59 Å². The minimum atomic E-state index is -0.239. The van der Waals surface area contributed by atoms with Crippen LogP contribution in [0.3, 0.4) is 0 Å². The monoisotopic (exact) mass is 359 g/mol. The fraction of sp³-hybridized carbons (Fsp3) is 0.500. The Morgan fingerprint density at radius 1 is 1.23 bits per heavy atom. The predicted octanol–water partition coefficient (Wildman–Crippen LogP) is 1.85. The second kappa shape index (κ2) is 7.99. The van der Waals surface area contributed by atoms with E-state index in [1.807, 2.05) is 6.08 Å². The standard InChI is InChI=1S/C20H26FN3O2/c1-22(2)19(25)14-24-18-10-7-16(20(24)26)12-23(13-18)11-3-4-15-5-8-17(21)9-6-15/h3-6,8-9,16,18H,7,10-14H2,1-2H3/b4-3+/t16-,18+/m1/s1. The highest BCUT2D eigenvalue weighted by atomic mass is 19.1. The lowest BCUT2D eigenvalue weighted by atomic mass is 9.94. The minimum Gasteiger partial charge on any atom is -0.347 e. The first kappa shape index (κ1) is 18.6. The molecule has 0 N–H and O–H groups in total. The van der Waals surface area contributed by atoms with Gasteiger partial charge in [0.25, 0.3) is 0 Å². The fourth-order valence-electron chi connectivity index (χ4n) is 3.69. The quantitative estimate of drug-likeness (QED) is 0.806. The molecule has 0 radical (unpaired) electrons. The van der Waals surface area contributed by atoms with Crippen molar-refractivity contribution >= 4 is 17.9 Å². The molecule has 3 saturated heterocycles. The summed E-state index contributed by atoms with van der Waals surface area (Å²) in [6.45, 7) is 2.44. The summed E-state index contributed by atoms with van der Waals surface area (Å²) in [4.78, 5) is 30.4. The van der Waals surface area contributed by atoms with Crippen LogP contribution in [0.25, 0.3) is 6.08 Å². The number of rotatable bonds is 5. The number of fused-ring (bicyclic) bond motifs is 4. The third kappa shape index (κ3) is 4.30. The zero-order chi connectivity index (χ0) is 18.7. The molecule has 0 unspecified atom stereocenters. The first-order valence-electron chi connectivity index (χ1n) is 9.09. The summed E-state index contributed by atoms with van der Waals surface area (Å²) in [5.41, 5.74) is 0.957. The molecule has 0 aliphatic carbocycles. The van der Waals surface area contributed by atoms with Gasteiger partial charge in [0.05, 0.1) is 5.92 Å². The average Bonchev–Trinajstić information content (AvgIpc) is 2.88. The van der Waals surface area contributed by atoms with Crippen LogP contribution in [0.2, 0.25) is 0 Å². The van der Waals surface area contributed by atoms with Gasteiger partial charge in [0.2, 0.25) is 11.8 Å². The van der Waals surface area contributed by atoms with Crippen LogP contribution in [0.5, 0.6) is 0 Å². The Hall–Kier alpha value is -2.21. The molecule has 3 fully saturated rings. The van der Waals surface area contributed by atoms with Gasteiger partial charge >= 0.3 is 0 Å². The van der Waals surface area contributed by atoms with Gasteiger partial charge in [-0.3, -0.25) is 14.5 Å². The second-order valence-corrected chi connectivity index (χ2v) is 7.35. The van der Waals surface area contributed by atoms with Crippen molar-refractivity contribution in [2.75, 3.05) is 40.3 Å². The maximum Gasteiger partial charge on any atom is 0.241 e. The fourth-order valence-corrected chi connectivity index (χ4v) is 3.69. The summed E-state index contributed by atoms with van der Waals surface area (Å²) in [6.07, 6.45) is 5.88. The van der Waals surface area contributed by atoms with Gasteiger partial charge in [-0.25, -0.2) is 4.39 Å². The van der Waals surface area contributed by atoms with Gasteiger partial charge in [0.15, 0.2) is 0 Å². The molecular weight excluding hydrogens is 333 g/mol. The van der Waals surface area contributed by atoms with Crippen molar-refractivity contribution in [3.05, 3.63) is 41.7 Å². The summed E-state index contributed by atoms with van der Waals surface area (Å²) in [6, 6.07) is 6.49. The lowest BCUT2D eigenvalue weighted by Crippen LogP contribution is -2.51. The number of benzene rings is 1. The largest absolute Gasteiger partial charge is 0.347 e. The van der Waals surface area contributed by atoms with Gasteiger partial charge in [0.1, 0.15) is 12.4 Å². The van der Waals surface area contributed by atoms with E-state index in [0.717, 1.165) is 38.0 Å². The van der Waals surface area contributed by atoms with E-state index >= 15 is 0 Å². The van der Waals surface area contributed by atoms with E-state index in [9.17, 15) is 14.0 Å². The molecule has 3 aliphatic rings. The van der Waals surface area contributed by atoms with Crippen molar-refractivity contribution < 1.29 is 14.0 Å². The summed E-state index contributed by atoms with van der Waals surface area (Å²) in [7, 11) is 3.44. The first-order chi connectivity index (χ1) is 12.4. The van der Waals surface area contributed by atoms with E-state index < -0.39 is 0 Å². The molecule has 26 heavy (non-hydrogen) atoms. The van der Waals surface area contributed by atoms with E-state index in [1.54, 1.807) is 31.1 Å². The van der Waals surface area contributed by atoms with Crippen LogP contribution in [-0.4, -0.2) is 72.8 Å². The smallest absolute Gasteiger partial charge is 0.241 e. The van der Waals surface area contributed by atoms with E-state index in [4.69, 9.17) is 0 Å². The topological polar surface area (TPSA) is 43.9 Å². The number of halogens is 1. The molecule has 1 aromatic rings. The molecule has 6 heteroatoms. The van der Waals surface area contributed by atoms with Gasteiger partial charge in [-0.15, -0.1) is 0 Å². The maximum absolute atomic E-state index is 13.0. The summed E-state index contributed by atoms with van der Waals surface area (Å²) in [5, 5.41) is 0. The van der Waals surface area contributed by atoms with E-state index in [-0.39, 0.29) is 36.1 Å². The third-order valence-electron chi connectivity index (χ3n) is 5.22. The van der Waals surface area contributed by atoms with Crippen LogP contribution in [0.4, 0.5) is 4.39 Å². The highest BCUT2D eigenvalue weighted by Crippen LogP contribution is 2.29. The van der Waals surface area contributed by atoms with Crippen LogP contribution >= 0.6 is 0 Å². The van der Waals surface area contributed by atoms with Gasteiger partial charge in [0, 0.05) is 39.8 Å². The molecule has 0 aromatic heterocycles. The number of amides is 2. The number of hydrogen-bond donors (Lipinski definition) is 0. The molecule has 5 nitrogen and oxygen atoms in total. The lowest BCUT2D eigenvalue weighted by molar-refractivity contribution is -0.145. The molecule has 4 rings (SSSR count). The molecule has 0 saturated carbocycles. The van der Waals surface area contributed by atoms with Gasteiger partial charge in [-0.05, 0) is 30.5 Å². The van der Waals surface area contributed by atoms with Crippen molar-refractivity contribution in [3.63, 3.8) is 0 Å². The highest BCUT2D eigenvalue weighted by molar-refractivity contribution is 5.86. The molecule has 3 aliphatic heterocycles. The zero-order valence-electron chi connectivity index (χ0n) is 15.4. The SMILES string of the molecule is CN(C)C(=O)CN1C(=O)[C@@H]2CC[C@H]1CN(C/C=C/c1ccc(F)cc1)C2. The Morgan fingerprint density at radius 3 is 2.65 bits per heavy atom. The lowest BCUT2D eigenvalue weighted by Gasteiger charge is -2.36. The molecule has 2 atom stereocenters. The Balaban J connectivity index is 1.62. The first-order valence-corrected chi connectivity index (χ1v) is 9.09. The Kier molecular flexibility index (Phi) is 5.71. The van der Waals surface area contributed by atoms with Gasteiger partial charge < -0.3 is 9.80 Å². The predicted molar refractivity (Wildman–Crippen MR) is 98.8 cm³/mol. The van der Waals surface area contributed by atoms with Crippen molar-refractivity contribution in [2.24, 2.45) is 5.92 Å². The highest BCUT2D eigenvalue weighted by Gasteiger charge is 2.41. The van der Waals surface area contributed by atoms with E-state index in [1.165, 1.54) is 17.0 Å². The van der Waals surface area contributed by atoms with Crippen molar-refractivity contribution in [1.29, 1.82) is 0 Å². The summed E-state index contributed by atoms with van der Waals surface area (Å²) >= 11 is 0. The minimum absolute atomic E-state index is 0.0251. The normalized spacial score (nSPS) is 23.5. The number of piperidine rings is 1. The molecule has 140 valence electrons. The number of carbonyl (C=O) groups excluding carboxylic acids is 2. The van der Waals surface area contributed by atoms with Crippen LogP contribution in [0.1, 0.15) is 18.4 Å². The number of carbonyl (C=O) groups is 2. The number of hydrogen-bond acceptors (Lipinski definition) is 3. The zero-order valence-corrected chi connectivity index (χ0v) is 15.4. The Morgan fingerprint density at radius 2 is 1.96 bits per heavy atom. The van der Waals surface area contributed by atoms with Gasteiger partial charge in [-0.2, -0.15) is 0 Å². The number of nitrogens with zero attached hydrogens (tertiary/aromatic N) is 3. The Bertz CT molecular complexity index is 687. The summed E-state index contributed by atoms with van der Waals surface area (Å²) < 4.78 is 13.0. The number of likely N-dealkylation sites (N-methyl/N-ethyl adjacent to an activating group) is 1. The van der Waals surface area contributed by atoms with E-state index in [0.29, 0.717) is 0 Å². The Labute approximate surface area is 154 Å². The van der Waals surface area contributed by atoms with Gasteiger partial charge in [-0.1, -0.05) is 24.3 Å². The maximum atomic E-state index is 13.0. The molecule has 1 aromatic carbocycles. The van der Waals surface area contributed by atoms with Crippen LogP contribution < -0.4 is 0 Å². The third-order valence-corrected chi connectivity index (χ3v) is 5.22. The molecule has 3 heterocycles. The summed E-state index contributed by atoms with van der Waals surface area (Å²) in [5.74, 6) is -0.185. The van der Waals surface area contributed by atoms with Crippen molar-refractivity contribution in [3.8, 4) is 0 Å². The molecule has 0 spiro atoms. The molecular formula is C20H26FN3O2. The van der Waals surface area contributed by atoms with Crippen LogP contribution in [0.15, 0.2) is 30.3 Å². The average molecular weight is 359 g/mol. The van der Waals surface area contributed by atoms with E-state index in [2.05, 4.69) is 11.0 Å². The van der Waals surface area contributed by atoms with Crippen molar-refractivity contribution in [1.82, 2.24) is 14.7 Å².